The minimum absolute atomic E-state index is 0.164. The highest BCUT2D eigenvalue weighted by Gasteiger charge is 2.39. The van der Waals surface area contributed by atoms with Gasteiger partial charge in [0.15, 0.2) is 0 Å². The highest BCUT2D eigenvalue weighted by molar-refractivity contribution is 5.97. The van der Waals surface area contributed by atoms with Crippen molar-refractivity contribution >= 4 is 5.91 Å². The quantitative estimate of drug-likeness (QED) is 0.893. The number of fused-ring (bicyclic) bond motifs is 3. The molecule has 1 aromatic rings. The molecule has 0 aliphatic carbocycles. The van der Waals surface area contributed by atoms with Crippen molar-refractivity contribution in [1.29, 1.82) is 0 Å². The van der Waals surface area contributed by atoms with Crippen molar-refractivity contribution in [3.05, 3.63) is 29.1 Å². The molecule has 2 fully saturated rings. The highest BCUT2D eigenvalue weighted by Crippen LogP contribution is 2.37. The molecule has 3 heterocycles. The van der Waals surface area contributed by atoms with Gasteiger partial charge in [0.1, 0.15) is 17.2 Å². The smallest absolute Gasteiger partial charge is 0.255 e. The van der Waals surface area contributed by atoms with Gasteiger partial charge in [-0.15, -0.1) is 0 Å². The number of hydrogen-bond acceptors (Lipinski definition) is 3. The molecule has 3 aliphatic rings. The summed E-state index contributed by atoms with van der Waals surface area (Å²) in [6.45, 7) is 4.02. The Kier molecular flexibility index (Phi) is 4.02. The fourth-order valence-electron chi connectivity index (χ4n) is 4.68. The normalized spacial score (nSPS) is 30.5. The van der Waals surface area contributed by atoms with Gasteiger partial charge in [-0.2, -0.15) is 0 Å². The Labute approximate surface area is 148 Å². The van der Waals surface area contributed by atoms with Crippen LogP contribution < -0.4 is 10.1 Å². The topological polar surface area (TPSA) is 41.6 Å². The minimum Gasteiger partial charge on any atom is -0.487 e. The van der Waals surface area contributed by atoms with E-state index in [-0.39, 0.29) is 23.4 Å². The second-order valence-electron chi connectivity index (χ2n) is 8.50. The summed E-state index contributed by atoms with van der Waals surface area (Å²) in [5.41, 5.74) is 0.814. The number of halogens is 1. The van der Waals surface area contributed by atoms with E-state index in [1.165, 1.54) is 25.0 Å². The van der Waals surface area contributed by atoms with Crippen molar-refractivity contribution < 1.29 is 13.9 Å². The first-order chi connectivity index (χ1) is 11.8. The standard InChI is InChI=1S/C20H27FN2O2/c1-20(2)7-6-12-8-13(21)9-17(18(12)25-20)19(24)22-14-10-15-4-5-16(11-14)23(15)3/h8-9,14-16H,4-7,10-11H2,1-3H3,(H,22,24). The Balaban J connectivity index is 1.56. The number of piperidine rings is 1. The van der Waals surface area contributed by atoms with Gasteiger partial charge in [0.25, 0.3) is 5.91 Å². The molecule has 2 atom stereocenters. The van der Waals surface area contributed by atoms with Gasteiger partial charge in [-0.1, -0.05) is 0 Å². The van der Waals surface area contributed by atoms with Gasteiger partial charge in [-0.25, -0.2) is 4.39 Å². The molecule has 0 spiro atoms. The van der Waals surface area contributed by atoms with Crippen molar-refractivity contribution in [3.63, 3.8) is 0 Å². The zero-order valence-electron chi connectivity index (χ0n) is 15.3. The van der Waals surface area contributed by atoms with Crippen molar-refractivity contribution in [2.75, 3.05) is 7.05 Å². The number of benzene rings is 1. The Morgan fingerprint density at radius 3 is 2.64 bits per heavy atom. The lowest BCUT2D eigenvalue weighted by atomic mass is 9.92. The van der Waals surface area contributed by atoms with Crippen LogP contribution in [0.4, 0.5) is 4.39 Å². The van der Waals surface area contributed by atoms with Crippen molar-refractivity contribution in [2.45, 2.75) is 76.1 Å². The van der Waals surface area contributed by atoms with E-state index in [4.69, 9.17) is 4.74 Å². The number of amides is 1. The fourth-order valence-corrected chi connectivity index (χ4v) is 4.68. The van der Waals surface area contributed by atoms with E-state index in [2.05, 4.69) is 17.3 Å². The van der Waals surface area contributed by atoms with E-state index < -0.39 is 0 Å². The monoisotopic (exact) mass is 346 g/mol. The summed E-state index contributed by atoms with van der Waals surface area (Å²) in [5.74, 6) is -0.0101. The van der Waals surface area contributed by atoms with Crippen LogP contribution in [0, 0.1) is 5.82 Å². The maximum absolute atomic E-state index is 14.0. The SMILES string of the molecule is CN1C2CCC1CC(NC(=O)c1cc(F)cc3c1OC(C)(C)CC3)C2. The molecule has 4 nitrogen and oxygen atoms in total. The van der Waals surface area contributed by atoms with Gasteiger partial charge < -0.3 is 15.0 Å². The molecule has 2 bridgehead atoms. The summed E-state index contributed by atoms with van der Waals surface area (Å²) in [6.07, 6.45) is 5.92. The third-order valence-electron chi connectivity index (χ3n) is 6.18. The lowest BCUT2D eigenvalue weighted by molar-refractivity contribution is 0.0770. The van der Waals surface area contributed by atoms with E-state index in [0.717, 1.165) is 31.2 Å². The van der Waals surface area contributed by atoms with E-state index >= 15 is 0 Å². The summed E-state index contributed by atoms with van der Waals surface area (Å²) in [5, 5.41) is 3.15. The molecular formula is C20H27FN2O2. The van der Waals surface area contributed by atoms with Gasteiger partial charge in [0.05, 0.1) is 5.56 Å². The van der Waals surface area contributed by atoms with Crippen LogP contribution >= 0.6 is 0 Å². The molecule has 4 rings (SSSR count). The number of carbonyl (C=O) groups is 1. The van der Waals surface area contributed by atoms with E-state index in [1.54, 1.807) is 0 Å². The Bertz CT molecular complexity index is 689. The zero-order valence-corrected chi connectivity index (χ0v) is 15.3. The molecule has 5 heteroatoms. The number of hydrogen-bond donors (Lipinski definition) is 1. The van der Waals surface area contributed by atoms with Crippen LogP contribution in [0.15, 0.2) is 12.1 Å². The Morgan fingerprint density at radius 1 is 1.28 bits per heavy atom. The average Bonchev–Trinajstić information content (AvgIpc) is 2.76. The lowest BCUT2D eigenvalue weighted by Gasteiger charge is -2.37. The first-order valence-electron chi connectivity index (χ1n) is 9.36. The number of nitrogens with zero attached hydrogens (tertiary/aromatic N) is 1. The fraction of sp³-hybridized carbons (Fsp3) is 0.650. The summed E-state index contributed by atoms with van der Waals surface area (Å²) < 4.78 is 20.1. The number of aryl methyl sites for hydroxylation is 1. The predicted octanol–water partition coefficient (Wildman–Crippen LogP) is 3.28. The van der Waals surface area contributed by atoms with E-state index in [1.807, 2.05) is 13.8 Å². The van der Waals surface area contributed by atoms with Gasteiger partial charge in [0.2, 0.25) is 0 Å². The molecule has 2 saturated heterocycles. The van der Waals surface area contributed by atoms with E-state index in [0.29, 0.717) is 23.4 Å². The number of carbonyl (C=O) groups excluding carboxylic acids is 1. The van der Waals surface area contributed by atoms with Crippen LogP contribution in [-0.2, 0) is 6.42 Å². The maximum Gasteiger partial charge on any atom is 0.255 e. The number of nitrogens with one attached hydrogen (secondary N) is 1. The van der Waals surface area contributed by atoms with Gasteiger partial charge in [-0.05, 0) is 77.1 Å². The van der Waals surface area contributed by atoms with Crippen LogP contribution in [-0.4, -0.2) is 41.6 Å². The van der Waals surface area contributed by atoms with Crippen LogP contribution in [0.2, 0.25) is 0 Å². The van der Waals surface area contributed by atoms with Crippen molar-refractivity contribution in [1.82, 2.24) is 10.2 Å². The first kappa shape index (κ1) is 16.8. The van der Waals surface area contributed by atoms with Gasteiger partial charge in [-0.3, -0.25) is 4.79 Å². The molecule has 0 aromatic heterocycles. The molecule has 3 aliphatic heterocycles. The molecule has 1 N–H and O–H groups in total. The molecule has 136 valence electrons. The summed E-state index contributed by atoms with van der Waals surface area (Å²) in [7, 11) is 2.18. The second kappa shape index (κ2) is 5.97. The van der Waals surface area contributed by atoms with Crippen LogP contribution in [0.25, 0.3) is 0 Å². The number of ether oxygens (including phenoxy) is 1. The maximum atomic E-state index is 14.0. The van der Waals surface area contributed by atoms with Crippen molar-refractivity contribution in [3.8, 4) is 5.75 Å². The Hall–Kier alpha value is -1.62. The van der Waals surface area contributed by atoms with E-state index in [9.17, 15) is 9.18 Å². The lowest BCUT2D eigenvalue weighted by Crippen LogP contribution is -2.49. The molecule has 25 heavy (non-hydrogen) atoms. The molecule has 2 unspecified atom stereocenters. The van der Waals surface area contributed by atoms with Gasteiger partial charge in [0, 0.05) is 18.1 Å². The summed E-state index contributed by atoms with van der Waals surface area (Å²) in [6, 6.07) is 4.09. The highest BCUT2D eigenvalue weighted by atomic mass is 19.1. The largest absolute Gasteiger partial charge is 0.487 e. The third kappa shape index (κ3) is 3.14. The molecule has 0 radical (unpaired) electrons. The van der Waals surface area contributed by atoms with Gasteiger partial charge >= 0.3 is 0 Å². The first-order valence-corrected chi connectivity index (χ1v) is 9.36. The zero-order chi connectivity index (χ0) is 17.8. The molecular weight excluding hydrogens is 319 g/mol. The predicted molar refractivity (Wildman–Crippen MR) is 94.5 cm³/mol. The second-order valence-corrected chi connectivity index (χ2v) is 8.50. The third-order valence-corrected chi connectivity index (χ3v) is 6.18. The average molecular weight is 346 g/mol. The molecule has 1 aromatic carbocycles. The number of rotatable bonds is 2. The summed E-state index contributed by atoms with van der Waals surface area (Å²) in [4.78, 5) is 15.3. The van der Waals surface area contributed by atoms with Crippen LogP contribution in [0.1, 0.15) is 61.9 Å². The molecule has 1 amide bonds. The van der Waals surface area contributed by atoms with Crippen LogP contribution in [0.3, 0.4) is 0 Å². The van der Waals surface area contributed by atoms with Crippen molar-refractivity contribution in [2.24, 2.45) is 0 Å². The summed E-state index contributed by atoms with van der Waals surface area (Å²) >= 11 is 0. The minimum atomic E-state index is -0.365. The Morgan fingerprint density at radius 2 is 1.96 bits per heavy atom. The van der Waals surface area contributed by atoms with Crippen LogP contribution in [0.5, 0.6) is 5.75 Å². The molecule has 0 saturated carbocycles.